The van der Waals surface area contributed by atoms with Gasteiger partial charge in [-0.1, -0.05) is 113 Å². The third-order valence-corrected chi connectivity index (χ3v) is 14.7. The lowest BCUT2D eigenvalue weighted by Gasteiger charge is -2.32. The number of carbonyl (C=O) groups is 1. The third kappa shape index (κ3) is 9.09. The van der Waals surface area contributed by atoms with Gasteiger partial charge in [-0.2, -0.15) is 0 Å². The fourth-order valence-electron chi connectivity index (χ4n) is 1.68. The second-order valence-electron chi connectivity index (χ2n) is 4.79. The quantitative estimate of drug-likeness (QED) is 0.189. The number of hydrogen-bond acceptors (Lipinski definition) is 4. The van der Waals surface area contributed by atoms with Gasteiger partial charge in [-0.15, -0.1) is 0 Å². The molecule has 10 heteroatoms. The zero-order valence-electron chi connectivity index (χ0n) is 11.5. The monoisotopic (exact) mass is 878 g/mol. The Morgan fingerprint density at radius 1 is 0.818 bits per heavy atom. The van der Waals surface area contributed by atoms with Crippen molar-refractivity contribution in [3.63, 3.8) is 0 Å². The van der Waals surface area contributed by atoms with E-state index in [2.05, 4.69) is 113 Å². The SMILES string of the molecule is O=C(O)CCC(I)C(I)C(O)C(O)C(I)C(I)C(I)CCO. The van der Waals surface area contributed by atoms with Gasteiger partial charge in [0.2, 0.25) is 0 Å². The second kappa shape index (κ2) is 13.2. The molecule has 22 heavy (non-hydrogen) atoms. The molecule has 0 radical (unpaired) electrons. The average molecular weight is 878 g/mol. The molecule has 5 nitrogen and oxygen atoms in total. The normalized spacial score (nSPS) is 21.5. The Morgan fingerprint density at radius 2 is 1.27 bits per heavy atom. The van der Waals surface area contributed by atoms with Crippen molar-refractivity contribution in [2.45, 2.75) is 51.1 Å². The van der Waals surface area contributed by atoms with E-state index in [9.17, 15) is 15.0 Å². The van der Waals surface area contributed by atoms with Crippen molar-refractivity contribution in [2.24, 2.45) is 0 Å². The molecular formula is C12H19I5O5. The summed E-state index contributed by atoms with van der Waals surface area (Å²) in [7, 11) is 0. The molecule has 7 unspecified atom stereocenters. The van der Waals surface area contributed by atoms with Crippen LogP contribution >= 0.6 is 113 Å². The highest BCUT2D eigenvalue weighted by atomic mass is 127. The smallest absolute Gasteiger partial charge is 0.303 e. The van der Waals surface area contributed by atoms with Crippen molar-refractivity contribution in [3.05, 3.63) is 0 Å². The third-order valence-electron chi connectivity index (χ3n) is 3.04. The van der Waals surface area contributed by atoms with E-state index >= 15 is 0 Å². The maximum Gasteiger partial charge on any atom is 0.303 e. The summed E-state index contributed by atoms with van der Waals surface area (Å²) in [4.78, 5) is 10.6. The van der Waals surface area contributed by atoms with E-state index in [1.54, 1.807) is 0 Å². The maximum atomic E-state index is 10.6. The first-order valence-electron chi connectivity index (χ1n) is 6.52. The molecule has 0 rings (SSSR count). The number of halogens is 5. The highest BCUT2D eigenvalue weighted by Gasteiger charge is 2.37. The lowest BCUT2D eigenvalue weighted by molar-refractivity contribution is -0.137. The van der Waals surface area contributed by atoms with Crippen LogP contribution in [0.1, 0.15) is 19.3 Å². The van der Waals surface area contributed by atoms with Gasteiger partial charge in [0.1, 0.15) is 0 Å². The van der Waals surface area contributed by atoms with E-state index in [-0.39, 0.29) is 32.7 Å². The number of alkyl halides is 5. The van der Waals surface area contributed by atoms with Crippen LogP contribution in [0.2, 0.25) is 0 Å². The predicted molar refractivity (Wildman–Crippen MR) is 130 cm³/mol. The van der Waals surface area contributed by atoms with Crippen LogP contribution < -0.4 is 0 Å². The summed E-state index contributed by atoms with van der Waals surface area (Å²) < 4.78 is -0.0724. The van der Waals surface area contributed by atoms with Gasteiger partial charge in [0.15, 0.2) is 0 Å². The highest BCUT2D eigenvalue weighted by molar-refractivity contribution is 14.1. The van der Waals surface area contributed by atoms with E-state index in [1.807, 2.05) is 0 Å². The predicted octanol–water partition coefficient (Wildman–Crippen LogP) is 2.97. The van der Waals surface area contributed by atoms with Crippen molar-refractivity contribution in [2.75, 3.05) is 6.61 Å². The van der Waals surface area contributed by atoms with Gasteiger partial charge < -0.3 is 20.4 Å². The number of hydrogen-bond donors (Lipinski definition) is 4. The molecule has 0 aromatic carbocycles. The number of rotatable bonds is 11. The zero-order valence-corrected chi connectivity index (χ0v) is 22.2. The molecule has 0 aromatic rings. The number of aliphatic carboxylic acids is 1. The van der Waals surface area contributed by atoms with E-state index < -0.39 is 18.2 Å². The molecule has 4 N–H and O–H groups in total. The second-order valence-corrected chi connectivity index (χ2v) is 12.3. The van der Waals surface area contributed by atoms with Crippen molar-refractivity contribution >= 4 is 119 Å². The first-order valence-corrected chi connectivity index (χ1v) is 12.7. The molecule has 0 bridgehead atoms. The fraction of sp³-hybridized carbons (Fsp3) is 0.917. The number of carboxylic acids is 1. The fourth-order valence-corrected chi connectivity index (χ4v) is 6.44. The van der Waals surface area contributed by atoms with Crippen LogP contribution in [0.5, 0.6) is 0 Å². The number of aliphatic hydroxyl groups is 3. The van der Waals surface area contributed by atoms with E-state index in [1.165, 1.54) is 0 Å². The molecule has 0 heterocycles. The summed E-state index contributed by atoms with van der Waals surface area (Å²) in [6, 6.07) is 0. The van der Waals surface area contributed by atoms with Crippen molar-refractivity contribution in [1.82, 2.24) is 0 Å². The van der Waals surface area contributed by atoms with Crippen LogP contribution in [0.15, 0.2) is 0 Å². The summed E-state index contributed by atoms with van der Waals surface area (Å²) in [5.41, 5.74) is 0. The first kappa shape index (κ1) is 25.0. The van der Waals surface area contributed by atoms with Gasteiger partial charge in [-0.05, 0) is 12.8 Å². The van der Waals surface area contributed by atoms with Gasteiger partial charge in [-0.25, -0.2) is 0 Å². The average Bonchev–Trinajstić information content (AvgIpc) is 2.48. The minimum absolute atomic E-state index is 0.0250. The Hall–Kier alpha value is 3.00. The van der Waals surface area contributed by atoms with E-state index in [4.69, 9.17) is 10.2 Å². The lowest BCUT2D eigenvalue weighted by Crippen LogP contribution is -2.47. The zero-order chi connectivity index (χ0) is 17.4. The molecule has 0 saturated carbocycles. The van der Waals surface area contributed by atoms with Crippen LogP contribution in [-0.2, 0) is 4.79 Å². The molecule has 0 saturated heterocycles. The Bertz CT molecular complexity index is 335. The Balaban J connectivity index is 4.61. The summed E-state index contributed by atoms with van der Waals surface area (Å²) in [5, 5.41) is 38.5. The van der Waals surface area contributed by atoms with Crippen LogP contribution in [-0.4, -0.2) is 64.8 Å². The largest absolute Gasteiger partial charge is 0.481 e. The molecule has 0 aliphatic carbocycles. The summed E-state index contributed by atoms with van der Waals surface area (Å²) >= 11 is 10.9. The molecule has 0 fully saturated rings. The maximum absolute atomic E-state index is 10.6. The first-order chi connectivity index (χ1) is 10.1. The van der Waals surface area contributed by atoms with Crippen LogP contribution in [0.25, 0.3) is 0 Å². The molecular weight excluding hydrogens is 859 g/mol. The Morgan fingerprint density at radius 3 is 1.73 bits per heavy atom. The summed E-state index contributed by atoms with van der Waals surface area (Å²) in [6.07, 6.45) is -0.620. The standard InChI is InChI=1S/C12H19I5O5/c13-5(1-2-7(19)20)9(16)11(21)12(22)10(17)8(15)6(14)3-4-18/h5-6,8-12,18,21-22H,1-4H2,(H,19,20). The lowest BCUT2D eigenvalue weighted by atomic mass is 10.0. The van der Waals surface area contributed by atoms with E-state index in [0.717, 1.165) is 0 Å². The molecule has 0 spiro atoms. The summed E-state index contributed by atoms with van der Waals surface area (Å²) in [6.45, 7) is 0.106. The minimum atomic E-state index is -0.909. The van der Waals surface area contributed by atoms with Gasteiger partial charge >= 0.3 is 5.97 Å². The van der Waals surface area contributed by atoms with Crippen LogP contribution in [0.4, 0.5) is 0 Å². The minimum Gasteiger partial charge on any atom is -0.481 e. The topological polar surface area (TPSA) is 98.0 Å². The van der Waals surface area contributed by atoms with Crippen LogP contribution in [0.3, 0.4) is 0 Å². The number of aliphatic hydroxyl groups excluding tert-OH is 3. The highest BCUT2D eigenvalue weighted by Crippen LogP contribution is 2.33. The van der Waals surface area contributed by atoms with Crippen molar-refractivity contribution < 1.29 is 25.2 Å². The van der Waals surface area contributed by atoms with Gasteiger partial charge in [-0.3, -0.25) is 4.79 Å². The molecule has 0 aliphatic rings. The van der Waals surface area contributed by atoms with Gasteiger partial charge in [0.05, 0.1) is 20.1 Å². The van der Waals surface area contributed by atoms with Crippen molar-refractivity contribution in [3.8, 4) is 0 Å². The number of carboxylic acid groups (broad SMARTS) is 1. The molecule has 132 valence electrons. The van der Waals surface area contributed by atoms with E-state index in [0.29, 0.717) is 12.8 Å². The molecule has 7 atom stereocenters. The molecule has 0 aliphatic heterocycles. The Labute approximate surface area is 198 Å². The van der Waals surface area contributed by atoms with Gasteiger partial charge in [0.25, 0.3) is 0 Å². The van der Waals surface area contributed by atoms with Gasteiger partial charge in [0, 0.05) is 24.8 Å². The Kier molecular flexibility index (Phi) is 15.0. The molecule has 0 amide bonds. The van der Waals surface area contributed by atoms with Crippen LogP contribution in [0, 0.1) is 0 Å². The summed E-state index contributed by atoms with van der Waals surface area (Å²) in [5.74, 6) is -0.851. The van der Waals surface area contributed by atoms with Crippen molar-refractivity contribution in [1.29, 1.82) is 0 Å². The molecule has 0 aromatic heterocycles.